The minimum absolute atomic E-state index is 0.474. The molecule has 0 aromatic heterocycles. The summed E-state index contributed by atoms with van der Waals surface area (Å²) in [5, 5.41) is 0. The number of benzene rings is 1. The smallest absolute Gasteiger partial charge is 0.119 e. The van der Waals surface area contributed by atoms with Crippen molar-refractivity contribution in [1.29, 1.82) is 0 Å². The number of nitrogens with zero attached hydrogens (tertiary/aromatic N) is 1. The first-order valence-electron chi connectivity index (χ1n) is 8.40. The van der Waals surface area contributed by atoms with Crippen LogP contribution in [0.2, 0.25) is 0 Å². The van der Waals surface area contributed by atoms with E-state index in [1.807, 2.05) is 0 Å². The lowest BCUT2D eigenvalue weighted by Gasteiger charge is -2.42. The Morgan fingerprint density at radius 1 is 1.10 bits per heavy atom. The molecule has 3 heteroatoms. The summed E-state index contributed by atoms with van der Waals surface area (Å²) < 4.78 is 5.35. The van der Waals surface area contributed by atoms with Crippen LogP contribution in [0.3, 0.4) is 0 Å². The van der Waals surface area contributed by atoms with Crippen molar-refractivity contribution in [3.63, 3.8) is 0 Å². The molecule has 1 aliphatic heterocycles. The molecule has 21 heavy (non-hydrogen) atoms. The van der Waals surface area contributed by atoms with Gasteiger partial charge in [-0.2, -0.15) is 0 Å². The Labute approximate surface area is 127 Å². The molecule has 0 amide bonds. The Hall–Kier alpha value is -1.06. The van der Waals surface area contributed by atoms with Crippen LogP contribution >= 0.6 is 0 Å². The summed E-state index contributed by atoms with van der Waals surface area (Å²) in [6, 6.07) is 7.80. The maximum atomic E-state index is 6.34. The fourth-order valence-corrected chi connectivity index (χ4v) is 4.75. The summed E-state index contributed by atoms with van der Waals surface area (Å²) in [5.74, 6) is 2.50. The van der Waals surface area contributed by atoms with Crippen LogP contribution in [0.25, 0.3) is 0 Å². The Bertz CT molecular complexity index is 516. The van der Waals surface area contributed by atoms with Crippen molar-refractivity contribution in [1.82, 2.24) is 4.90 Å². The predicted molar refractivity (Wildman–Crippen MR) is 84.6 cm³/mol. The van der Waals surface area contributed by atoms with Gasteiger partial charge in [0.2, 0.25) is 0 Å². The Kier molecular flexibility index (Phi) is 3.43. The molecule has 2 fully saturated rings. The lowest BCUT2D eigenvalue weighted by atomic mass is 9.84. The van der Waals surface area contributed by atoms with Crippen LogP contribution in [0.4, 0.5) is 0 Å². The maximum absolute atomic E-state index is 6.34. The van der Waals surface area contributed by atoms with E-state index in [9.17, 15) is 0 Å². The van der Waals surface area contributed by atoms with E-state index in [4.69, 9.17) is 10.5 Å². The summed E-state index contributed by atoms with van der Waals surface area (Å²) in [5.41, 5.74) is 9.35. The minimum atomic E-state index is 0.474. The van der Waals surface area contributed by atoms with Gasteiger partial charge in [0.05, 0.1) is 7.11 Å². The molecule has 2 N–H and O–H groups in total. The molecule has 2 bridgehead atoms. The second-order valence-corrected chi connectivity index (χ2v) is 7.16. The second-order valence-electron chi connectivity index (χ2n) is 7.16. The number of aryl methyl sites for hydroxylation is 1. The molecule has 1 unspecified atom stereocenters. The third-order valence-electron chi connectivity index (χ3n) is 6.07. The van der Waals surface area contributed by atoms with Gasteiger partial charge in [0.1, 0.15) is 5.75 Å². The lowest BCUT2D eigenvalue weighted by molar-refractivity contribution is 0.0934. The maximum Gasteiger partial charge on any atom is 0.119 e. The minimum Gasteiger partial charge on any atom is -0.497 e. The molecule has 3 nitrogen and oxygen atoms in total. The zero-order chi connectivity index (χ0) is 14.4. The van der Waals surface area contributed by atoms with E-state index < -0.39 is 0 Å². The number of nitrogens with two attached hydrogens (primary N) is 1. The number of likely N-dealkylation sites (tertiary alicyclic amines) is 1. The molecule has 0 radical (unpaired) electrons. The van der Waals surface area contributed by atoms with E-state index in [1.165, 1.54) is 56.3 Å². The first-order valence-corrected chi connectivity index (χ1v) is 8.40. The molecule has 4 rings (SSSR count). The van der Waals surface area contributed by atoms with Crippen LogP contribution in [-0.2, 0) is 12.8 Å². The van der Waals surface area contributed by atoms with Gasteiger partial charge in [0.25, 0.3) is 0 Å². The second kappa shape index (κ2) is 5.29. The SMILES string of the molecule is COc1ccc2c(c1)CC[C@@H](N1C[C@H]3CC[C@@H](C1)C3N)C2. The fraction of sp³-hybridized carbons (Fsp3) is 0.667. The molecule has 2 aliphatic carbocycles. The van der Waals surface area contributed by atoms with Crippen molar-refractivity contribution in [3.05, 3.63) is 29.3 Å². The van der Waals surface area contributed by atoms with E-state index >= 15 is 0 Å². The largest absolute Gasteiger partial charge is 0.497 e. The standard InChI is InChI=1S/C18H26N2O/c1-21-17-7-5-12-8-16(6-4-13(12)9-17)20-10-14-2-3-15(11-20)18(14)19/h5,7,9,14-16,18H,2-4,6,8,10-11,19H2,1H3/t14-,15+,16-,18?/m1/s1. The number of fused-ring (bicyclic) bond motifs is 3. The van der Waals surface area contributed by atoms with Gasteiger partial charge >= 0.3 is 0 Å². The molecule has 1 saturated carbocycles. The quantitative estimate of drug-likeness (QED) is 0.906. The molecule has 114 valence electrons. The predicted octanol–water partition coefficient (Wildman–Crippen LogP) is 2.22. The highest BCUT2D eigenvalue weighted by Gasteiger charge is 2.41. The summed E-state index contributed by atoms with van der Waals surface area (Å²) in [4.78, 5) is 2.75. The summed E-state index contributed by atoms with van der Waals surface area (Å²) >= 11 is 0. The summed E-state index contributed by atoms with van der Waals surface area (Å²) in [6.07, 6.45) is 6.38. The molecule has 1 aromatic rings. The number of hydrogen-bond acceptors (Lipinski definition) is 3. The number of methoxy groups -OCH3 is 1. The molecular weight excluding hydrogens is 260 g/mol. The normalized spacial score (nSPS) is 35.5. The van der Waals surface area contributed by atoms with Crippen LogP contribution in [-0.4, -0.2) is 37.2 Å². The van der Waals surface area contributed by atoms with Crippen molar-refractivity contribution >= 4 is 0 Å². The fourth-order valence-electron chi connectivity index (χ4n) is 4.75. The zero-order valence-electron chi connectivity index (χ0n) is 12.9. The molecular formula is C18H26N2O. The van der Waals surface area contributed by atoms with E-state index in [2.05, 4.69) is 23.1 Å². The van der Waals surface area contributed by atoms with Crippen molar-refractivity contribution in [2.45, 2.75) is 44.2 Å². The first-order chi connectivity index (χ1) is 10.2. The third kappa shape index (κ3) is 2.36. The van der Waals surface area contributed by atoms with Gasteiger partial charge in [-0.05, 0) is 67.2 Å². The molecule has 3 aliphatic rings. The molecule has 0 spiro atoms. The van der Waals surface area contributed by atoms with Gasteiger partial charge in [0.15, 0.2) is 0 Å². The van der Waals surface area contributed by atoms with Gasteiger partial charge in [-0.15, -0.1) is 0 Å². The van der Waals surface area contributed by atoms with E-state index in [0.29, 0.717) is 6.04 Å². The topological polar surface area (TPSA) is 38.5 Å². The Balaban J connectivity index is 1.49. The van der Waals surface area contributed by atoms with Crippen molar-refractivity contribution < 1.29 is 4.74 Å². The molecule has 1 heterocycles. The average Bonchev–Trinajstić information content (AvgIpc) is 2.75. The summed E-state index contributed by atoms with van der Waals surface area (Å²) in [7, 11) is 1.75. The van der Waals surface area contributed by atoms with E-state index in [-0.39, 0.29) is 0 Å². The van der Waals surface area contributed by atoms with Crippen LogP contribution in [0.1, 0.15) is 30.4 Å². The van der Waals surface area contributed by atoms with Crippen LogP contribution < -0.4 is 10.5 Å². The molecule has 1 saturated heterocycles. The van der Waals surface area contributed by atoms with E-state index in [0.717, 1.165) is 23.6 Å². The Morgan fingerprint density at radius 3 is 2.57 bits per heavy atom. The average molecular weight is 286 g/mol. The van der Waals surface area contributed by atoms with Crippen LogP contribution in [0, 0.1) is 11.8 Å². The van der Waals surface area contributed by atoms with Crippen LogP contribution in [0.5, 0.6) is 5.75 Å². The van der Waals surface area contributed by atoms with Crippen molar-refractivity contribution in [3.8, 4) is 5.75 Å². The van der Waals surface area contributed by atoms with Crippen molar-refractivity contribution in [2.24, 2.45) is 17.6 Å². The number of rotatable bonds is 2. The lowest BCUT2D eigenvalue weighted by Crippen LogP contribution is -2.53. The van der Waals surface area contributed by atoms with Gasteiger partial charge in [-0.25, -0.2) is 0 Å². The summed E-state index contributed by atoms with van der Waals surface area (Å²) in [6.45, 7) is 2.46. The molecule has 4 atom stereocenters. The third-order valence-corrected chi connectivity index (χ3v) is 6.07. The monoisotopic (exact) mass is 286 g/mol. The van der Waals surface area contributed by atoms with Gasteiger partial charge in [0, 0.05) is 25.2 Å². The number of hydrogen-bond donors (Lipinski definition) is 1. The van der Waals surface area contributed by atoms with Gasteiger partial charge < -0.3 is 10.5 Å². The molecule has 1 aromatic carbocycles. The number of ether oxygens (including phenoxy) is 1. The zero-order valence-corrected chi connectivity index (χ0v) is 12.9. The van der Waals surface area contributed by atoms with Gasteiger partial charge in [-0.3, -0.25) is 4.90 Å². The first kappa shape index (κ1) is 13.6. The van der Waals surface area contributed by atoms with Crippen molar-refractivity contribution in [2.75, 3.05) is 20.2 Å². The van der Waals surface area contributed by atoms with Gasteiger partial charge in [-0.1, -0.05) is 6.07 Å². The van der Waals surface area contributed by atoms with E-state index in [1.54, 1.807) is 7.11 Å². The Morgan fingerprint density at radius 2 is 1.86 bits per heavy atom. The highest BCUT2D eigenvalue weighted by Crippen LogP contribution is 2.38. The highest BCUT2D eigenvalue weighted by atomic mass is 16.5. The highest BCUT2D eigenvalue weighted by molar-refractivity contribution is 5.38. The number of piperidine rings is 1. The van der Waals surface area contributed by atoms with Crippen LogP contribution in [0.15, 0.2) is 18.2 Å².